The molecule has 0 bridgehead atoms. The van der Waals surface area contributed by atoms with Gasteiger partial charge in [-0.3, -0.25) is 0 Å². The maximum Gasteiger partial charge on any atom is 0.341 e. The lowest BCUT2D eigenvalue weighted by atomic mass is 9.85. The minimum atomic E-state index is -0.389. The molecule has 0 fully saturated rings. The van der Waals surface area contributed by atoms with Gasteiger partial charge in [-0.05, 0) is 30.9 Å². The molecule has 0 spiro atoms. The van der Waals surface area contributed by atoms with Crippen molar-refractivity contribution in [1.82, 2.24) is 4.98 Å². The fraction of sp³-hybridized carbons (Fsp3) is 0.600. The molecule has 112 valence electrons. The Morgan fingerprint density at radius 1 is 1.50 bits per heavy atom. The highest BCUT2D eigenvalue weighted by atomic mass is 16.5. The maximum atomic E-state index is 11.9. The Kier molecular flexibility index (Phi) is 5.95. The van der Waals surface area contributed by atoms with E-state index < -0.39 is 0 Å². The van der Waals surface area contributed by atoms with Gasteiger partial charge in [0, 0.05) is 18.8 Å². The summed E-state index contributed by atoms with van der Waals surface area (Å²) in [6.07, 6.45) is 2.21. The number of esters is 1. The molecule has 0 radical (unpaired) electrons. The fourth-order valence-electron chi connectivity index (χ4n) is 1.91. The highest BCUT2D eigenvalue weighted by Gasteiger charge is 2.26. The van der Waals surface area contributed by atoms with Gasteiger partial charge in [0.1, 0.15) is 11.4 Å². The molecule has 2 N–H and O–H groups in total. The summed E-state index contributed by atoms with van der Waals surface area (Å²) in [5, 5.41) is 12.4. The number of pyridine rings is 1. The van der Waals surface area contributed by atoms with Crippen LogP contribution in [0.3, 0.4) is 0 Å². The number of aliphatic hydroxyl groups excluding tert-OH is 1. The number of nitrogens with zero attached hydrogens (tertiary/aromatic N) is 1. The van der Waals surface area contributed by atoms with Crippen molar-refractivity contribution in [2.24, 2.45) is 5.41 Å². The Labute approximate surface area is 120 Å². The van der Waals surface area contributed by atoms with Gasteiger partial charge in [0.15, 0.2) is 0 Å². The van der Waals surface area contributed by atoms with Gasteiger partial charge < -0.3 is 15.2 Å². The van der Waals surface area contributed by atoms with Gasteiger partial charge in [-0.15, -0.1) is 0 Å². The smallest absolute Gasteiger partial charge is 0.341 e. The van der Waals surface area contributed by atoms with Gasteiger partial charge in [-0.25, -0.2) is 9.78 Å². The van der Waals surface area contributed by atoms with Crippen molar-refractivity contribution < 1.29 is 14.6 Å². The molecule has 0 aromatic carbocycles. The minimum absolute atomic E-state index is 0.00979. The van der Waals surface area contributed by atoms with Crippen LogP contribution >= 0.6 is 0 Å². The van der Waals surface area contributed by atoms with Gasteiger partial charge in [0.05, 0.1) is 6.61 Å². The molecule has 0 aliphatic heterocycles. The number of nitrogens with one attached hydrogen (secondary N) is 1. The molecule has 0 amide bonds. The second-order valence-electron chi connectivity index (χ2n) is 5.70. The summed E-state index contributed by atoms with van der Waals surface area (Å²) < 4.78 is 5.03. The van der Waals surface area contributed by atoms with E-state index in [2.05, 4.69) is 31.1 Å². The number of anilines is 1. The number of ether oxygens (including phenoxy) is 1. The number of hydrogen-bond acceptors (Lipinski definition) is 5. The van der Waals surface area contributed by atoms with Crippen molar-refractivity contribution in [2.75, 3.05) is 18.5 Å². The van der Waals surface area contributed by atoms with Crippen molar-refractivity contribution in [1.29, 1.82) is 0 Å². The quantitative estimate of drug-likeness (QED) is 0.783. The number of aromatic nitrogens is 1. The third-order valence-electron chi connectivity index (χ3n) is 3.08. The summed E-state index contributed by atoms with van der Waals surface area (Å²) in [5.41, 5.74) is 0.355. The monoisotopic (exact) mass is 280 g/mol. The standard InChI is InChI=1S/C15H24N2O3/c1-5-20-14(19)11-7-6-9-16-13(11)17-12(8-10-18)15(2,3)4/h6-7,9,12,18H,5,8,10H2,1-4H3,(H,16,17). The lowest BCUT2D eigenvalue weighted by Crippen LogP contribution is -2.35. The minimum Gasteiger partial charge on any atom is -0.462 e. The first-order valence-electron chi connectivity index (χ1n) is 6.89. The Morgan fingerprint density at radius 2 is 2.20 bits per heavy atom. The van der Waals surface area contributed by atoms with Crippen LogP contribution in [-0.4, -0.2) is 35.3 Å². The van der Waals surface area contributed by atoms with Crippen LogP contribution in [0.2, 0.25) is 0 Å². The van der Waals surface area contributed by atoms with E-state index in [-0.39, 0.29) is 24.0 Å². The average Bonchev–Trinajstić information content (AvgIpc) is 2.38. The maximum absolute atomic E-state index is 11.9. The van der Waals surface area contributed by atoms with Crippen molar-refractivity contribution in [3.8, 4) is 0 Å². The second-order valence-corrected chi connectivity index (χ2v) is 5.70. The number of rotatable bonds is 6. The number of hydrogen-bond donors (Lipinski definition) is 2. The molecule has 1 unspecified atom stereocenters. The normalized spacial score (nSPS) is 12.8. The zero-order chi connectivity index (χ0) is 15.2. The summed E-state index contributed by atoms with van der Waals surface area (Å²) >= 11 is 0. The van der Waals surface area contributed by atoms with E-state index in [4.69, 9.17) is 4.74 Å². The van der Waals surface area contributed by atoms with E-state index in [1.54, 1.807) is 25.3 Å². The zero-order valence-corrected chi connectivity index (χ0v) is 12.6. The van der Waals surface area contributed by atoms with Crippen LogP contribution in [0.4, 0.5) is 5.82 Å². The summed E-state index contributed by atoms with van der Waals surface area (Å²) in [5.74, 6) is 0.110. The third-order valence-corrected chi connectivity index (χ3v) is 3.08. The van der Waals surface area contributed by atoms with E-state index in [1.165, 1.54) is 0 Å². The van der Waals surface area contributed by atoms with Gasteiger partial charge in [0.2, 0.25) is 0 Å². The SMILES string of the molecule is CCOC(=O)c1cccnc1NC(CCO)C(C)(C)C. The summed E-state index contributed by atoms with van der Waals surface area (Å²) in [4.78, 5) is 16.1. The zero-order valence-electron chi connectivity index (χ0n) is 12.6. The predicted octanol–water partition coefficient (Wildman–Crippen LogP) is 2.47. The fourth-order valence-corrected chi connectivity index (χ4v) is 1.91. The lowest BCUT2D eigenvalue weighted by Gasteiger charge is -2.32. The van der Waals surface area contributed by atoms with Gasteiger partial charge in [0.25, 0.3) is 0 Å². The Hall–Kier alpha value is -1.62. The van der Waals surface area contributed by atoms with Gasteiger partial charge >= 0.3 is 5.97 Å². The number of carbonyl (C=O) groups excluding carboxylic acids is 1. The van der Waals surface area contributed by atoms with Crippen molar-refractivity contribution in [2.45, 2.75) is 40.2 Å². The first-order valence-corrected chi connectivity index (χ1v) is 6.89. The Bertz CT molecular complexity index is 441. The van der Waals surface area contributed by atoms with Crippen LogP contribution in [-0.2, 0) is 4.74 Å². The lowest BCUT2D eigenvalue weighted by molar-refractivity contribution is 0.0527. The molecule has 0 saturated heterocycles. The Morgan fingerprint density at radius 3 is 2.75 bits per heavy atom. The summed E-state index contributed by atoms with van der Waals surface area (Å²) in [6, 6.07) is 3.40. The largest absolute Gasteiger partial charge is 0.462 e. The molecule has 0 aliphatic carbocycles. The topological polar surface area (TPSA) is 71.5 Å². The molecule has 1 heterocycles. The molecule has 20 heavy (non-hydrogen) atoms. The van der Waals surface area contributed by atoms with Crippen molar-refractivity contribution in [3.05, 3.63) is 23.9 Å². The molecule has 1 rings (SSSR count). The van der Waals surface area contributed by atoms with Crippen LogP contribution in [0.5, 0.6) is 0 Å². The van der Waals surface area contributed by atoms with Gasteiger partial charge in [-0.2, -0.15) is 0 Å². The molecule has 1 aromatic rings. The molecular weight excluding hydrogens is 256 g/mol. The molecule has 1 aromatic heterocycles. The van der Waals surface area contributed by atoms with E-state index >= 15 is 0 Å². The second kappa shape index (κ2) is 7.24. The van der Waals surface area contributed by atoms with Crippen LogP contribution in [0, 0.1) is 5.41 Å². The molecule has 5 heteroatoms. The molecule has 1 atom stereocenters. The van der Waals surface area contributed by atoms with E-state index in [9.17, 15) is 9.90 Å². The van der Waals surface area contributed by atoms with Crippen LogP contribution in [0.25, 0.3) is 0 Å². The van der Waals surface area contributed by atoms with Crippen LogP contribution < -0.4 is 5.32 Å². The van der Waals surface area contributed by atoms with Crippen LogP contribution in [0.15, 0.2) is 18.3 Å². The average molecular weight is 280 g/mol. The molecule has 5 nitrogen and oxygen atoms in total. The van der Waals surface area contributed by atoms with E-state index in [1.807, 2.05) is 0 Å². The number of carbonyl (C=O) groups is 1. The first-order chi connectivity index (χ1) is 9.40. The highest BCUT2D eigenvalue weighted by molar-refractivity contribution is 5.94. The van der Waals surface area contributed by atoms with Gasteiger partial charge in [-0.1, -0.05) is 20.8 Å². The third kappa shape index (κ3) is 4.49. The summed E-state index contributed by atoms with van der Waals surface area (Å²) in [6.45, 7) is 8.40. The van der Waals surface area contributed by atoms with E-state index in [0.717, 1.165) is 0 Å². The van der Waals surface area contributed by atoms with Crippen molar-refractivity contribution >= 4 is 11.8 Å². The predicted molar refractivity (Wildman–Crippen MR) is 78.8 cm³/mol. The summed E-state index contributed by atoms with van der Waals surface area (Å²) in [7, 11) is 0. The molecular formula is C15H24N2O3. The van der Waals surface area contributed by atoms with E-state index in [0.29, 0.717) is 24.4 Å². The Balaban J connectivity index is 2.98. The first kappa shape index (κ1) is 16.4. The molecule has 0 aliphatic rings. The van der Waals surface area contributed by atoms with Crippen LogP contribution in [0.1, 0.15) is 44.5 Å². The van der Waals surface area contributed by atoms with Crippen molar-refractivity contribution in [3.63, 3.8) is 0 Å². The number of aliphatic hydroxyl groups is 1. The molecule has 0 saturated carbocycles. The highest BCUT2D eigenvalue weighted by Crippen LogP contribution is 2.26.